The van der Waals surface area contributed by atoms with E-state index in [4.69, 9.17) is 4.55 Å². The van der Waals surface area contributed by atoms with Gasteiger partial charge in [0.2, 0.25) is 5.91 Å². The maximum absolute atomic E-state index is 14.4. The predicted octanol–water partition coefficient (Wildman–Crippen LogP) is 5.04. The van der Waals surface area contributed by atoms with Crippen LogP contribution in [-0.2, 0) is 28.8 Å². The molecule has 12 heteroatoms. The van der Waals surface area contributed by atoms with Crippen molar-refractivity contribution in [2.75, 3.05) is 11.4 Å². The van der Waals surface area contributed by atoms with Crippen LogP contribution in [0.1, 0.15) is 29.7 Å². The Bertz CT molecular complexity index is 1270. The number of carbonyl (C=O) groups is 1. The first-order chi connectivity index (χ1) is 16.4. The van der Waals surface area contributed by atoms with Crippen molar-refractivity contribution >= 4 is 22.9 Å². The fourth-order valence-electron chi connectivity index (χ4n) is 3.29. The highest BCUT2D eigenvalue weighted by Crippen LogP contribution is 2.32. The number of pyridine rings is 1. The Hall–Kier alpha value is -3.38. The maximum atomic E-state index is 14.4. The van der Waals surface area contributed by atoms with Crippen LogP contribution in [-0.4, -0.2) is 26.7 Å². The van der Waals surface area contributed by atoms with Crippen molar-refractivity contribution in [1.82, 2.24) is 10.3 Å². The number of benzene rings is 2. The molecule has 3 rings (SSSR count). The molecule has 0 aliphatic carbocycles. The summed E-state index contributed by atoms with van der Waals surface area (Å²) in [5.74, 6) is -2.89. The monoisotopic (exact) mass is 513 g/mol. The van der Waals surface area contributed by atoms with Crippen molar-refractivity contribution in [3.63, 3.8) is 0 Å². The van der Waals surface area contributed by atoms with Crippen LogP contribution in [0.25, 0.3) is 11.3 Å². The molecule has 0 fully saturated rings. The SMILES string of the molecule is CC(C(=O)NCc1ccc(C(F)(F)F)nc1-c1cccc(F)c1)c1ccc(N(C)S(=O)O)c(F)c1. The molecule has 0 saturated carbocycles. The lowest BCUT2D eigenvalue weighted by atomic mass is 9.99. The molecule has 6 nitrogen and oxygen atoms in total. The van der Waals surface area contributed by atoms with Crippen LogP contribution in [0.15, 0.2) is 54.6 Å². The van der Waals surface area contributed by atoms with Crippen LogP contribution in [0.4, 0.5) is 27.6 Å². The van der Waals surface area contributed by atoms with Crippen LogP contribution in [0.2, 0.25) is 0 Å². The smallest absolute Gasteiger partial charge is 0.351 e. The highest BCUT2D eigenvalue weighted by atomic mass is 32.2. The van der Waals surface area contributed by atoms with Crippen LogP contribution >= 0.6 is 0 Å². The second-order valence-electron chi connectivity index (χ2n) is 7.59. The molecule has 1 heterocycles. The number of rotatable bonds is 7. The molecule has 186 valence electrons. The Morgan fingerprint density at radius 3 is 2.46 bits per heavy atom. The Kier molecular flexibility index (Phi) is 7.86. The third kappa shape index (κ3) is 6.20. The van der Waals surface area contributed by atoms with Crippen LogP contribution < -0.4 is 9.62 Å². The Balaban J connectivity index is 1.83. The number of anilines is 1. The molecule has 2 aromatic carbocycles. The van der Waals surface area contributed by atoms with Crippen LogP contribution in [0.3, 0.4) is 0 Å². The molecule has 0 saturated heterocycles. The number of alkyl halides is 3. The Morgan fingerprint density at radius 2 is 1.86 bits per heavy atom. The van der Waals surface area contributed by atoms with E-state index in [0.29, 0.717) is 0 Å². The molecule has 0 aliphatic rings. The number of halogens is 5. The Morgan fingerprint density at radius 1 is 1.14 bits per heavy atom. The largest absolute Gasteiger partial charge is 0.433 e. The zero-order chi connectivity index (χ0) is 25.9. The molecule has 0 bridgehead atoms. The van der Waals surface area contributed by atoms with E-state index < -0.39 is 46.6 Å². The summed E-state index contributed by atoms with van der Waals surface area (Å²) in [5, 5.41) is 2.58. The van der Waals surface area contributed by atoms with Gasteiger partial charge in [-0.1, -0.05) is 24.3 Å². The first-order valence-electron chi connectivity index (χ1n) is 10.1. The van der Waals surface area contributed by atoms with E-state index in [9.17, 15) is 31.0 Å². The molecular formula is C23H20F5N3O3S. The molecule has 0 aliphatic heterocycles. The fourth-order valence-corrected chi connectivity index (χ4v) is 3.61. The molecule has 0 spiro atoms. The van der Waals surface area contributed by atoms with E-state index in [2.05, 4.69) is 10.3 Å². The second kappa shape index (κ2) is 10.5. The maximum Gasteiger partial charge on any atom is 0.433 e. The molecule has 2 unspecified atom stereocenters. The van der Waals surface area contributed by atoms with Crippen molar-refractivity contribution in [3.8, 4) is 11.3 Å². The van der Waals surface area contributed by atoms with Gasteiger partial charge in [-0.3, -0.25) is 13.7 Å². The predicted molar refractivity (Wildman–Crippen MR) is 120 cm³/mol. The number of amides is 1. The van der Waals surface area contributed by atoms with Gasteiger partial charge in [0, 0.05) is 19.2 Å². The van der Waals surface area contributed by atoms with Crippen molar-refractivity contribution in [3.05, 3.63) is 83.1 Å². The third-order valence-electron chi connectivity index (χ3n) is 5.26. The van der Waals surface area contributed by atoms with E-state index in [0.717, 1.165) is 34.6 Å². The summed E-state index contributed by atoms with van der Waals surface area (Å²) < 4.78 is 88.7. The summed E-state index contributed by atoms with van der Waals surface area (Å²) in [4.78, 5) is 16.3. The third-order valence-corrected chi connectivity index (χ3v) is 5.92. The Labute approximate surface area is 200 Å². The summed E-state index contributed by atoms with van der Waals surface area (Å²) in [6.45, 7) is 1.28. The van der Waals surface area contributed by atoms with Gasteiger partial charge in [-0.15, -0.1) is 0 Å². The van der Waals surface area contributed by atoms with Gasteiger partial charge in [0.15, 0.2) is 0 Å². The standard InChI is InChI=1S/C23H20F5N3O3S/c1-13(14-6-8-19(18(25)11-14)31(2)35(33)34)22(32)29-12-16-7-9-20(23(26,27)28)30-21(16)15-4-3-5-17(24)10-15/h3-11,13H,12H2,1-2H3,(H,29,32)(H,33,34). The van der Waals surface area contributed by atoms with Gasteiger partial charge >= 0.3 is 6.18 Å². The molecular weight excluding hydrogens is 493 g/mol. The summed E-state index contributed by atoms with van der Waals surface area (Å²) in [6, 6.07) is 10.6. The van der Waals surface area contributed by atoms with Gasteiger partial charge in [0.05, 0.1) is 17.3 Å². The lowest BCUT2D eigenvalue weighted by Gasteiger charge is -2.18. The summed E-state index contributed by atoms with van der Waals surface area (Å²) >= 11 is -2.43. The van der Waals surface area contributed by atoms with Crippen molar-refractivity contribution in [2.45, 2.75) is 25.6 Å². The number of nitrogens with one attached hydrogen (secondary N) is 1. The quantitative estimate of drug-likeness (QED) is 0.343. The van der Waals surface area contributed by atoms with E-state index in [1.807, 2.05) is 0 Å². The normalized spacial score (nSPS) is 13.3. The number of aromatic nitrogens is 1. The van der Waals surface area contributed by atoms with Crippen LogP contribution in [0.5, 0.6) is 0 Å². The zero-order valence-electron chi connectivity index (χ0n) is 18.4. The molecule has 1 amide bonds. The molecule has 2 atom stereocenters. The second-order valence-corrected chi connectivity index (χ2v) is 8.60. The van der Waals surface area contributed by atoms with Crippen molar-refractivity contribution in [2.24, 2.45) is 0 Å². The van der Waals surface area contributed by atoms with Gasteiger partial charge in [-0.25, -0.2) is 18.0 Å². The van der Waals surface area contributed by atoms with E-state index in [1.54, 1.807) is 0 Å². The molecule has 3 aromatic rings. The minimum absolute atomic E-state index is 0.108. The molecule has 0 radical (unpaired) electrons. The van der Waals surface area contributed by atoms with Gasteiger partial charge in [0.1, 0.15) is 17.3 Å². The van der Waals surface area contributed by atoms with E-state index in [1.165, 1.54) is 38.2 Å². The van der Waals surface area contributed by atoms with Gasteiger partial charge in [-0.05, 0) is 48.4 Å². The molecule has 1 aromatic heterocycles. The van der Waals surface area contributed by atoms with Gasteiger partial charge in [-0.2, -0.15) is 13.2 Å². The van der Waals surface area contributed by atoms with Crippen molar-refractivity contribution < 1.29 is 35.5 Å². The average molecular weight is 513 g/mol. The fraction of sp³-hybridized carbons (Fsp3) is 0.217. The summed E-state index contributed by atoms with van der Waals surface area (Å²) in [7, 11) is 1.22. The lowest BCUT2D eigenvalue weighted by Crippen LogP contribution is -2.28. The van der Waals surface area contributed by atoms with E-state index >= 15 is 0 Å². The topological polar surface area (TPSA) is 82.5 Å². The van der Waals surface area contributed by atoms with Crippen molar-refractivity contribution in [1.29, 1.82) is 0 Å². The van der Waals surface area contributed by atoms with Gasteiger partial charge in [0.25, 0.3) is 11.3 Å². The first kappa shape index (κ1) is 26.2. The molecule has 2 N–H and O–H groups in total. The van der Waals surface area contributed by atoms with Gasteiger partial charge < -0.3 is 5.32 Å². The average Bonchev–Trinajstić information content (AvgIpc) is 2.80. The molecule has 35 heavy (non-hydrogen) atoms. The summed E-state index contributed by atoms with van der Waals surface area (Å²) in [6.07, 6.45) is -4.72. The minimum Gasteiger partial charge on any atom is -0.351 e. The number of hydrogen-bond acceptors (Lipinski definition) is 3. The number of nitrogens with zero attached hydrogens (tertiary/aromatic N) is 2. The van der Waals surface area contributed by atoms with Crippen LogP contribution in [0, 0.1) is 11.6 Å². The first-order valence-corrected chi connectivity index (χ1v) is 11.2. The minimum atomic E-state index is -4.72. The lowest BCUT2D eigenvalue weighted by molar-refractivity contribution is -0.141. The number of carbonyl (C=O) groups excluding carboxylic acids is 1. The van der Waals surface area contributed by atoms with E-state index in [-0.39, 0.29) is 34.6 Å². The highest BCUT2D eigenvalue weighted by Gasteiger charge is 2.33. The number of hydrogen-bond donors (Lipinski definition) is 2. The zero-order valence-corrected chi connectivity index (χ0v) is 19.3. The highest BCUT2D eigenvalue weighted by molar-refractivity contribution is 7.80. The summed E-state index contributed by atoms with van der Waals surface area (Å²) in [5.41, 5.74) is -0.837.